The van der Waals surface area contributed by atoms with E-state index in [9.17, 15) is 4.79 Å². The van der Waals surface area contributed by atoms with E-state index in [2.05, 4.69) is 30.5 Å². The van der Waals surface area contributed by atoms with Gasteiger partial charge >= 0.3 is 6.09 Å². The van der Waals surface area contributed by atoms with Crippen LogP contribution in [-0.4, -0.2) is 19.2 Å². The highest BCUT2D eigenvalue weighted by atomic mass is 16.5. The molecule has 0 saturated heterocycles. The molecule has 1 N–H and O–H groups in total. The predicted octanol–water partition coefficient (Wildman–Crippen LogP) is 2.33. The summed E-state index contributed by atoms with van der Waals surface area (Å²) in [5, 5.41) is 2.77. The molecule has 0 aliphatic heterocycles. The average molecular weight is 185 g/mol. The van der Waals surface area contributed by atoms with Crippen LogP contribution in [0.2, 0.25) is 0 Å². The van der Waals surface area contributed by atoms with Crippen molar-refractivity contribution in [3.8, 4) is 0 Å². The molecule has 0 fully saturated rings. The first-order chi connectivity index (χ1) is 6.10. The van der Waals surface area contributed by atoms with E-state index in [4.69, 9.17) is 0 Å². The van der Waals surface area contributed by atoms with Gasteiger partial charge in [-0.1, -0.05) is 19.9 Å². The summed E-state index contributed by atoms with van der Waals surface area (Å²) in [6.45, 7) is 7.89. The molecular weight excluding hydrogens is 166 g/mol. The summed E-state index contributed by atoms with van der Waals surface area (Å²) in [4.78, 5) is 10.9. The van der Waals surface area contributed by atoms with Gasteiger partial charge in [-0.05, 0) is 18.8 Å². The van der Waals surface area contributed by atoms with Crippen molar-refractivity contribution in [2.45, 2.75) is 32.7 Å². The summed E-state index contributed by atoms with van der Waals surface area (Å²) >= 11 is 0. The maximum absolute atomic E-state index is 10.9. The molecule has 0 saturated carbocycles. The molecule has 0 aromatic carbocycles. The maximum atomic E-state index is 10.9. The number of rotatable bonds is 5. The zero-order valence-electron chi connectivity index (χ0n) is 8.67. The molecule has 0 aromatic rings. The lowest BCUT2D eigenvalue weighted by molar-refractivity contribution is 0.165. The molecule has 0 rings (SSSR count). The Balaban J connectivity index is 3.92. The van der Waals surface area contributed by atoms with Gasteiger partial charge in [0.2, 0.25) is 0 Å². The van der Waals surface area contributed by atoms with Gasteiger partial charge in [0, 0.05) is 6.04 Å². The van der Waals surface area contributed by atoms with Crippen LogP contribution in [0.4, 0.5) is 4.79 Å². The van der Waals surface area contributed by atoms with Crippen LogP contribution < -0.4 is 5.32 Å². The van der Waals surface area contributed by atoms with Crippen molar-refractivity contribution in [1.29, 1.82) is 0 Å². The highest BCUT2D eigenvalue weighted by Gasteiger charge is 2.11. The highest BCUT2D eigenvalue weighted by Crippen LogP contribution is 2.08. The molecule has 0 unspecified atom stereocenters. The Labute approximate surface area is 80.2 Å². The third kappa shape index (κ3) is 6.20. The normalized spacial score (nSPS) is 12.3. The summed E-state index contributed by atoms with van der Waals surface area (Å²) < 4.78 is 4.52. The van der Waals surface area contributed by atoms with E-state index in [1.54, 1.807) is 0 Å². The quantitative estimate of drug-likeness (QED) is 0.667. The number of carbonyl (C=O) groups is 1. The van der Waals surface area contributed by atoms with Gasteiger partial charge in [0.05, 0.1) is 7.11 Å². The Morgan fingerprint density at radius 1 is 1.62 bits per heavy atom. The summed E-state index contributed by atoms with van der Waals surface area (Å²) in [5.41, 5.74) is 0. The molecule has 0 spiro atoms. The van der Waals surface area contributed by atoms with Crippen molar-refractivity contribution in [2.75, 3.05) is 7.11 Å². The predicted molar refractivity (Wildman–Crippen MR) is 53.6 cm³/mol. The molecule has 0 heterocycles. The number of hydrogen-bond donors (Lipinski definition) is 1. The minimum Gasteiger partial charge on any atom is -0.453 e. The van der Waals surface area contributed by atoms with Crippen LogP contribution in [0.5, 0.6) is 0 Å². The number of carbonyl (C=O) groups excluding carboxylic acids is 1. The Morgan fingerprint density at radius 3 is 2.62 bits per heavy atom. The van der Waals surface area contributed by atoms with Crippen LogP contribution in [-0.2, 0) is 4.74 Å². The van der Waals surface area contributed by atoms with E-state index < -0.39 is 0 Å². The number of methoxy groups -OCH3 is 1. The maximum Gasteiger partial charge on any atom is 0.407 e. The monoisotopic (exact) mass is 185 g/mol. The van der Waals surface area contributed by atoms with Gasteiger partial charge in [-0.2, -0.15) is 0 Å². The fourth-order valence-corrected chi connectivity index (χ4v) is 1.21. The highest BCUT2D eigenvalue weighted by molar-refractivity contribution is 5.67. The average Bonchev–Trinajstić information content (AvgIpc) is 2.03. The van der Waals surface area contributed by atoms with E-state index >= 15 is 0 Å². The number of amides is 1. The molecule has 0 aliphatic carbocycles. The largest absolute Gasteiger partial charge is 0.453 e. The van der Waals surface area contributed by atoms with E-state index in [0.29, 0.717) is 5.92 Å². The Morgan fingerprint density at radius 2 is 2.23 bits per heavy atom. The molecule has 1 amide bonds. The van der Waals surface area contributed by atoms with Crippen LogP contribution in [0.1, 0.15) is 26.7 Å². The molecule has 13 heavy (non-hydrogen) atoms. The summed E-state index contributed by atoms with van der Waals surface area (Å²) in [6.07, 6.45) is 3.17. The second kappa shape index (κ2) is 6.52. The fraction of sp³-hybridized carbons (Fsp3) is 0.700. The second-order valence-corrected chi connectivity index (χ2v) is 3.49. The van der Waals surface area contributed by atoms with Gasteiger partial charge in [0.15, 0.2) is 0 Å². The van der Waals surface area contributed by atoms with Gasteiger partial charge < -0.3 is 10.1 Å². The minimum atomic E-state index is -0.368. The number of nitrogens with one attached hydrogen (secondary N) is 1. The third-order valence-electron chi connectivity index (χ3n) is 1.71. The minimum absolute atomic E-state index is 0.143. The molecule has 3 nitrogen and oxygen atoms in total. The number of alkyl carbamates (subject to hydrolysis) is 1. The molecule has 0 aliphatic rings. The molecular formula is C10H19NO2. The van der Waals surface area contributed by atoms with Gasteiger partial charge in [-0.25, -0.2) is 4.79 Å². The summed E-state index contributed by atoms with van der Waals surface area (Å²) in [7, 11) is 1.37. The zero-order chi connectivity index (χ0) is 10.3. The standard InChI is InChI=1S/C10H19NO2/c1-5-6-9(7-8(2)3)11-10(12)13-4/h5,8-9H,1,6-7H2,2-4H3,(H,11,12)/t9-/m1/s1. The van der Waals surface area contributed by atoms with Crippen molar-refractivity contribution >= 4 is 6.09 Å². The van der Waals surface area contributed by atoms with Gasteiger partial charge in [-0.3, -0.25) is 0 Å². The first-order valence-electron chi connectivity index (χ1n) is 4.55. The smallest absolute Gasteiger partial charge is 0.407 e. The molecule has 3 heteroatoms. The molecule has 1 atom stereocenters. The van der Waals surface area contributed by atoms with Crippen LogP contribution in [0, 0.1) is 5.92 Å². The van der Waals surface area contributed by atoms with E-state index in [1.807, 2.05) is 6.08 Å². The van der Waals surface area contributed by atoms with Crippen LogP contribution >= 0.6 is 0 Å². The van der Waals surface area contributed by atoms with E-state index in [-0.39, 0.29) is 12.1 Å². The summed E-state index contributed by atoms with van der Waals surface area (Å²) in [5.74, 6) is 0.558. The van der Waals surface area contributed by atoms with Crippen LogP contribution in [0.15, 0.2) is 12.7 Å². The lowest BCUT2D eigenvalue weighted by Gasteiger charge is -2.17. The lowest BCUT2D eigenvalue weighted by atomic mass is 10.0. The Bertz CT molecular complexity index is 166. The SMILES string of the molecule is C=CC[C@H](CC(C)C)NC(=O)OC. The molecule has 76 valence electrons. The zero-order valence-corrected chi connectivity index (χ0v) is 8.67. The van der Waals surface area contributed by atoms with Gasteiger partial charge in [0.25, 0.3) is 0 Å². The Kier molecular flexibility index (Phi) is 6.02. The number of ether oxygens (including phenoxy) is 1. The van der Waals surface area contributed by atoms with Crippen molar-refractivity contribution in [3.63, 3.8) is 0 Å². The first-order valence-corrected chi connectivity index (χ1v) is 4.55. The Hall–Kier alpha value is -0.990. The molecule has 0 radical (unpaired) electrons. The lowest BCUT2D eigenvalue weighted by Crippen LogP contribution is -2.35. The topological polar surface area (TPSA) is 38.3 Å². The first kappa shape index (κ1) is 12.0. The molecule has 0 aromatic heterocycles. The van der Waals surface area contributed by atoms with Gasteiger partial charge in [-0.15, -0.1) is 6.58 Å². The van der Waals surface area contributed by atoms with Gasteiger partial charge in [0.1, 0.15) is 0 Å². The van der Waals surface area contributed by atoms with E-state index in [1.165, 1.54) is 7.11 Å². The number of hydrogen-bond acceptors (Lipinski definition) is 2. The summed E-state index contributed by atoms with van der Waals surface area (Å²) in [6, 6.07) is 0.143. The van der Waals surface area contributed by atoms with Crippen molar-refractivity contribution < 1.29 is 9.53 Å². The third-order valence-corrected chi connectivity index (χ3v) is 1.71. The van der Waals surface area contributed by atoms with Crippen LogP contribution in [0.25, 0.3) is 0 Å². The van der Waals surface area contributed by atoms with Crippen LogP contribution in [0.3, 0.4) is 0 Å². The van der Waals surface area contributed by atoms with Crippen molar-refractivity contribution in [3.05, 3.63) is 12.7 Å². The van der Waals surface area contributed by atoms with E-state index in [0.717, 1.165) is 12.8 Å². The van der Waals surface area contributed by atoms with Crippen molar-refractivity contribution in [2.24, 2.45) is 5.92 Å². The molecule has 0 bridgehead atoms. The fourth-order valence-electron chi connectivity index (χ4n) is 1.21. The second-order valence-electron chi connectivity index (χ2n) is 3.49. The van der Waals surface area contributed by atoms with Crippen molar-refractivity contribution in [1.82, 2.24) is 5.32 Å².